The molecule has 0 aliphatic heterocycles. The molecule has 1 atom stereocenters. The normalized spacial score (nSPS) is 21.4. The Morgan fingerprint density at radius 2 is 1.79 bits per heavy atom. The minimum atomic E-state index is -0.594. The van der Waals surface area contributed by atoms with E-state index in [0.717, 1.165) is 17.0 Å². The molecule has 2 aromatic carbocycles. The van der Waals surface area contributed by atoms with E-state index < -0.39 is 17.0 Å². The van der Waals surface area contributed by atoms with E-state index in [2.05, 4.69) is 21.2 Å². The molecule has 5 heteroatoms. The molecule has 2 aromatic rings. The molecule has 0 saturated heterocycles. The molecular weight excluding hydrogens is 376 g/mol. The maximum Gasteiger partial charge on any atom is 0.251 e. The number of carbonyl (C=O) groups excluding carboxylic acids is 1. The van der Waals surface area contributed by atoms with Crippen LogP contribution in [0.4, 0.5) is 8.78 Å². The number of amides is 1. The van der Waals surface area contributed by atoms with Gasteiger partial charge in [-0.2, -0.15) is 0 Å². The summed E-state index contributed by atoms with van der Waals surface area (Å²) in [4.78, 5) is 12.3. The van der Waals surface area contributed by atoms with Gasteiger partial charge in [-0.25, -0.2) is 8.78 Å². The Hall–Kier alpha value is -1.75. The van der Waals surface area contributed by atoms with Gasteiger partial charge in [0.25, 0.3) is 5.91 Å². The Labute approximate surface area is 148 Å². The summed E-state index contributed by atoms with van der Waals surface area (Å²) < 4.78 is 28.4. The second kappa shape index (κ2) is 5.96. The predicted molar refractivity (Wildman–Crippen MR) is 92.9 cm³/mol. The van der Waals surface area contributed by atoms with Crippen molar-refractivity contribution in [1.29, 1.82) is 0 Å². The molecule has 126 valence electrons. The fourth-order valence-electron chi connectivity index (χ4n) is 3.38. The van der Waals surface area contributed by atoms with Crippen LogP contribution in [-0.4, -0.2) is 12.5 Å². The van der Waals surface area contributed by atoms with Gasteiger partial charge in [0.1, 0.15) is 11.6 Å². The standard InChI is InChI=1S/C19H18BrF2NO/c1-18(2)10-19(18,15-8-7-14(21)9-16(15)22)11-23-17(24)12-3-5-13(20)6-4-12/h3-9H,10-11H2,1-2H3,(H,23,24). The lowest BCUT2D eigenvalue weighted by Crippen LogP contribution is -2.35. The largest absolute Gasteiger partial charge is 0.351 e. The van der Waals surface area contributed by atoms with Crippen LogP contribution in [-0.2, 0) is 5.41 Å². The molecule has 1 aliphatic carbocycles. The van der Waals surface area contributed by atoms with Gasteiger partial charge < -0.3 is 5.32 Å². The van der Waals surface area contributed by atoms with E-state index in [1.165, 1.54) is 12.1 Å². The van der Waals surface area contributed by atoms with Crippen LogP contribution in [0.15, 0.2) is 46.9 Å². The first kappa shape index (κ1) is 17.1. The SMILES string of the molecule is CC1(C)CC1(CNC(=O)c1ccc(Br)cc1)c1ccc(F)cc1F. The van der Waals surface area contributed by atoms with Crippen molar-refractivity contribution in [3.63, 3.8) is 0 Å². The van der Waals surface area contributed by atoms with Crippen molar-refractivity contribution in [3.8, 4) is 0 Å². The summed E-state index contributed by atoms with van der Waals surface area (Å²) in [5, 5.41) is 2.90. The van der Waals surface area contributed by atoms with Gasteiger partial charge in [0.2, 0.25) is 0 Å². The summed E-state index contributed by atoms with van der Waals surface area (Å²) in [5.74, 6) is -1.35. The highest BCUT2D eigenvalue weighted by Gasteiger charge is 2.62. The van der Waals surface area contributed by atoms with Crippen LogP contribution >= 0.6 is 15.9 Å². The molecule has 3 rings (SSSR count). The van der Waals surface area contributed by atoms with Crippen LogP contribution in [0.1, 0.15) is 36.2 Å². The van der Waals surface area contributed by atoms with Gasteiger partial charge in [0, 0.05) is 28.1 Å². The lowest BCUT2D eigenvalue weighted by molar-refractivity contribution is 0.0947. The number of rotatable bonds is 4. The van der Waals surface area contributed by atoms with E-state index in [4.69, 9.17) is 0 Å². The second-order valence-electron chi connectivity index (χ2n) is 6.96. The highest BCUT2D eigenvalue weighted by Crippen LogP contribution is 2.64. The number of halogens is 3. The Morgan fingerprint density at radius 3 is 2.33 bits per heavy atom. The Kier molecular flexibility index (Phi) is 4.24. The zero-order valence-electron chi connectivity index (χ0n) is 13.5. The smallest absolute Gasteiger partial charge is 0.251 e. The monoisotopic (exact) mass is 393 g/mol. The first-order chi connectivity index (χ1) is 11.2. The number of nitrogens with one attached hydrogen (secondary N) is 1. The van der Waals surface area contributed by atoms with Gasteiger partial charge in [0.15, 0.2) is 0 Å². The summed E-state index contributed by atoms with van der Waals surface area (Å²) in [7, 11) is 0. The molecule has 0 bridgehead atoms. The van der Waals surface area contributed by atoms with Gasteiger partial charge in [-0.15, -0.1) is 0 Å². The Morgan fingerprint density at radius 1 is 1.17 bits per heavy atom. The average Bonchev–Trinajstić information content (AvgIpc) is 3.08. The van der Waals surface area contributed by atoms with Crippen molar-refractivity contribution in [1.82, 2.24) is 5.32 Å². The third-order valence-electron chi connectivity index (χ3n) is 5.02. The lowest BCUT2D eigenvalue weighted by atomic mass is 9.87. The van der Waals surface area contributed by atoms with Gasteiger partial charge in [-0.3, -0.25) is 4.79 Å². The minimum Gasteiger partial charge on any atom is -0.351 e. The van der Waals surface area contributed by atoms with Gasteiger partial charge in [-0.1, -0.05) is 35.8 Å². The zero-order valence-corrected chi connectivity index (χ0v) is 15.1. The van der Waals surface area contributed by atoms with Crippen molar-refractivity contribution < 1.29 is 13.6 Å². The van der Waals surface area contributed by atoms with E-state index >= 15 is 0 Å². The van der Waals surface area contributed by atoms with Gasteiger partial charge in [-0.05, 0) is 47.7 Å². The molecule has 24 heavy (non-hydrogen) atoms. The number of hydrogen-bond donors (Lipinski definition) is 1. The van der Waals surface area contributed by atoms with Crippen LogP contribution in [0.2, 0.25) is 0 Å². The fraction of sp³-hybridized carbons (Fsp3) is 0.316. The molecule has 1 fully saturated rings. The molecule has 1 saturated carbocycles. The average molecular weight is 394 g/mol. The minimum absolute atomic E-state index is 0.154. The highest BCUT2D eigenvalue weighted by molar-refractivity contribution is 9.10. The third-order valence-corrected chi connectivity index (χ3v) is 5.55. The predicted octanol–water partition coefficient (Wildman–Crippen LogP) is 4.83. The van der Waals surface area contributed by atoms with E-state index in [9.17, 15) is 13.6 Å². The van der Waals surface area contributed by atoms with E-state index in [1.54, 1.807) is 24.3 Å². The summed E-state index contributed by atoms with van der Waals surface area (Å²) in [6, 6.07) is 10.7. The Bertz CT molecular complexity index is 788. The Balaban J connectivity index is 1.80. The van der Waals surface area contributed by atoms with Gasteiger partial charge in [0.05, 0.1) is 0 Å². The molecule has 1 aliphatic rings. The van der Waals surface area contributed by atoms with Crippen molar-refractivity contribution in [3.05, 3.63) is 69.7 Å². The summed E-state index contributed by atoms with van der Waals surface area (Å²) in [5.41, 5.74) is 0.352. The van der Waals surface area contributed by atoms with Crippen LogP contribution in [0, 0.1) is 17.0 Å². The third kappa shape index (κ3) is 2.97. The summed E-state index contributed by atoms with van der Waals surface area (Å²) >= 11 is 3.33. The first-order valence-corrected chi connectivity index (χ1v) is 8.54. The molecular formula is C19H18BrF2NO. The first-order valence-electron chi connectivity index (χ1n) is 7.74. The maximum absolute atomic E-state index is 14.3. The van der Waals surface area contributed by atoms with Crippen LogP contribution in [0.25, 0.3) is 0 Å². The second-order valence-corrected chi connectivity index (χ2v) is 7.87. The van der Waals surface area contributed by atoms with Crippen LogP contribution in [0.3, 0.4) is 0 Å². The van der Waals surface area contributed by atoms with Crippen molar-refractivity contribution >= 4 is 21.8 Å². The molecule has 2 nitrogen and oxygen atoms in total. The summed E-state index contributed by atoms with van der Waals surface area (Å²) in [6.07, 6.45) is 0.739. The van der Waals surface area contributed by atoms with E-state index in [1.807, 2.05) is 13.8 Å². The summed E-state index contributed by atoms with van der Waals surface area (Å²) in [6.45, 7) is 4.38. The molecule has 1 N–H and O–H groups in total. The van der Waals surface area contributed by atoms with Gasteiger partial charge >= 0.3 is 0 Å². The highest BCUT2D eigenvalue weighted by atomic mass is 79.9. The molecule has 0 aromatic heterocycles. The van der Waals surface area contributed by atoms with Crippen LogP contribution < -0.4 is 5.32 Å². The molecule has 0 spiro atoms. The number of benzene rings is 2. The zero-order chi connectivity index (χ0) is 17.5. The molecule has 0 radical (unpaired) electrons. The fourth-order valence-corrected chi connectivity index (χ4v) is 3.64. The lowest BCUT2D eigenvalue weighted by Gasteiger charge is -2.22. The molecule has 1 unspecified atom stereocenters. The number of hydrogen-bond acceptors (Lipinski definition) is 1. The van der Waals surface area contributed by atoms with Crippen molar-refractivity contribution in [2.75, 3.05) is 6.54 Å². The number of carbonyl (C=O) groups is 1. The van der Waals surface area contributed by atoms with Crippen molar-refractivity contribution in [2.24, 2.45) is 5.41 Å². The quantitative estimate of drug-likeness (QED) is 0.791. The van der Waals surface area contributed by atoms with E-state index in [-0.39, 0.29) is 11.3 Å². The molecule has 1 amide bonds. The maximum atomic E-state index is 14.3. The van der Waals surface area contributed by atoms with Crippen LogP contribution in [0.5, 0.6) is 0 Å². The topological polar surface area (TPSA) is 29.1 Å². The molecule has 0 heterocycles. The van der Waals surface area contributed by atoms with E-state index in [0.29, 0.717) is 17.7 Å². The van der Waals surface area contributed by atoms with Crippen molar-refractivity contribution in [2.45, 2.75) is 25.7 Å².